The van der Waals surface area contributed by atoms with Crippen molar-refractivity contribution in [1.29, 1.82) is 0 Å². The molecule has 0 aliphatic rings. The van der Waals surface area contributed by atoms with Gasteiger partial charge in [-0.15, -0.1) is 0 Å². The Labute approximate surface area is 102 Å². The van der Waals surface area contributed by atoms with Gasteiger partial charge in [-0.1, -0.05) is 6.58 Å². The molecular weight excluding hydrogens is 295 g/mol. The van der Waals surface area contributed by atoms with Crippen LogP contribution in [0.3, 0.4) is 0 Å². The molecule has 0 spiro atoms. The fourth-order valence-electron chi connectivity index (χ4n) is 1.44. The van der Waals surface area contributed by atoms with Gasteiger partial charge in [0.05, 0.1) is 0 Å². The summed E-state index contributed by atoms with van der Waals surface area (Å²) in [4.78, 5) is 9.25. The zero-order chi connectivity index (χ0) is 12.1. The van der Waals surface area contributed by atoms with Crippen molar-refractivity contribution in [1.82, 2.24) is 0 Å². The molecule has 1 N–H and O–H groups in total. The van der Waals surface area contributed by atoms with E-state index in [-0.39, 0.29) is 0 Å². The zero-order valence-corrected chi connectivity index (χ0v) is 13.2. The molecule has 0 aromatic rings. The number of aliphatic carboxylic acids is 1. The van der Waals surface area contributed by atoms with Gasteiger partial charge in [0.25, 0.3) is 0 Å². The Bertz CT molecular complexity index is 143. The molecule has 0 atom stereocenters. The second-order valence-electron chi connectivity index (χ2n) is 3.54. The van der Waals surface area contributed by atoms with Crippen LogP contribution < -0.4 is 0 Å². The third-order valence-corrected chi connectivity index (χ3v) is 12.3. The van der Waals surface area contributed by atoms with E-state index in [1.54, 1.807) is 13.3 Å². The summed E-state index contributed by atoms with van der Waals surface area (Å²) in [5.41, 5.74) is 0. The fraction of sp³-hybridized carbons (Fsp3) is 0.750. The quantitative estimate of drug-likeness (QED) is 0.569. The maximum atomic E-state index is 9.25. The number of rotatable bonds is 7. The van der Waals surface area contributed by atoms with Gasteiger partial charge in [-0.3, -0.25) is 0 Å². The number of hydrogen-bond donors (Lipinski definition) is 1. The zero-order valence-electron chi connectivity index (χ0n) is 10.4. The van der Waals surface area contributed by atoms with Gasteiger partial charge in [-0.05, 0) is 0 Å². The van der Waals surface area contributed by atoms with Crippen LogP contribution in [-0.4, -0.2) is 30.8 Å². The Kier molecular flexibility index (Phi) is 16.3. The first-order valence-electron chi connectivity index (χ1n) is 5.81. The summed E-state index contributed by atoms with van der Waals surface area (Å²) in [6, 6.07) is 0. The third kappa shape index (κ3) is 16.7. The van der Waals surface area contributed by atoms with E-state index in [9.17, 15) is 4.79 Å². The van der Waals surface area contributed by atoms with Crippen LogP contribution in [0.5, 0.6) is 0 Å². The molecule has 89 valence electrons. The summed E-state index contributed by atoms with van der Waals surface area (Å²) in [7, 11) is 0. The Hall–Kier alpha value is 0.00870. The second-order valence-corrected chi connectivity index (χ2v) is 12.1. The fourth-order valence-corrected chi connectivity index (χ4v) is 9.63. The molecule has 1 radical (unpaired) electrons. The maximum absolute atomic E-state index is 9.25. The van der Waals surface area contributed by atoms with E-state index in [4.69, 9.17) is 5.11 Å². The molecule has 0 fully saturated rings. The van der Waals surface area contributed by atoms with Crippen molar-refractivity contribution in [2.45, 2.75) is 53.3 Å². The summed E-state index contributed by atoms with van der Waals surface area (Å²) in [5.74, 6) is -0.981. The van der Waals surface area contributed by atoms with Crippen LogP contribution in [0, 0.1) is 0 Å². The van der Waals surface area contributed by atoms with Crippen LogP contribution in [0.1, 0.15) is 40.0 Å². The average molecular weight is 320 g/mol. The van der Waals surface area contributed by atoms with Crippen molar-refractivity contribution in [3.63, 3.8) is 0 Å². The molecule has 0 amide bonds. The van der Waals surface area contributed by atoms with Crippen molar-refractivity contribution < 1.29 is 9.90 Å². The Morgan fingerprint density at radius 1 is 1.13 bits per heavy atom. The van der Waals surface area contributed by atoms with E-state index >= 15 is 0 Å². The summed E-state index contributed by atoms with van der Waals surface area (Å²) in [6.45, 7) is 9.98. The van der Waals surface area contributed by atoms with Gasteiger partial charge in [0.1, 0.15) is 0 Å². The average Bonchev–Trinajstić information content (AvgIpc) is 2.20. The van der Waals surface area contributed by atoms with E-state index < -0.39 is 25.7 Å². The normalized spacial score (nSPS) is 9.33. The van der Waals surface area contributed by atoms with Gasteiger partial charge in [0.15, 0.2) is 0 Å². The van der Waals surface area contributed by atoms with Crippen molar-refractivity contribution >= 4 is 25.7 Å². The molecule has 2 nitrogen and oxygen atoms in total. The van der Waals surface area contributed by atoms with Gasteiger partial charge in [-0.2, -0.15) is 0 Å². The minimum atomic E-state index is -0.981. The molecule has 0 rings (SSSR count). The predicted molar refractivity (Wildman–Crippen MR) is 68.9 cm³/mol. The van der Waals surface area contributed by atoms with Crippen molar-refractivity contribution in [3.8, 4) is 0 Å². The minimum absolute atomic E-state index is 0.759. The second kappa shape index (κ2) is 14.0. The van der Waals surface area contributed by atoms with Gasteiger partial charge in [0, 0.05) is 6.08 Å². The van der Waals surface area contributed by atoms with E-state index in [1.165, 1.54) is 19.3 Å². The summed E-state index contributed by atoms with van der Waals surface area (Å²) >= 11 is -0.759. The molecule has 0 aliphatic carbocycles. The summed E-state index contributed by atoms with van der Waals surface area (Å²) in [6.07, 6.45) is 5.19. The first kappa shape index (κ1) is 17.4. The summed E-state index contributed by atoms with van der Waals surface area (Å²) in [5, 5.41) is 7.60. The Morgan fingerprint density at radius 2 is 1.40 bits per heavy atom. The molecule has 3 heteroatoms. The van der Waals surface area contributed by atoms with Gasteiger partial charge in [0.2, 0.25) is 0 Å². The number of carbonyl (C=O) groups is 1. The molecule has 0 unspecified atom stereocenters. The van der Waals surface area contributed by atoms with Crippen molar-refractivity contribution in [2.75, 3.05) is 0 Å². The van der Waals surface area contributed by atoms with Crippen molar-refractivity contribution in [3.05, 3.63) is 12.7 Å². The van der Waals surface area contributed by atoms with Gasteiger partial charge >= 0.3 is 79.1 Å². The first-order valence-corrected chi connectivity index (χ1v) is 11.9. The number of carboxylic acid groups (broad SMARTS) is 1. The molecule has 0 bridgehead atoms. The van der Waals surface area contributed by atoms with E-state index in [0.29, 0.717) is 0 Å². The standard InChI is InChI=1S/C3H4O2.3C3H7.Sn/c1-2-3(4)5;3*1-3-2;/h2H,1H2,(H,4,5);3*1,3H2,2H3;. The van der Waals surface area contributed by atoms with Crippen LogP contribution in [0.25, 0.3) is 0 Å². The number of carboxylic acids is 1. The summed E-state index contributed by atoms with van der Waals surface area (Å²) < 4.78 is 4.93. The molecule has 0 saturated heterocycles. The molecule has 0 saturated carbocycles. The molecular formula is C12H25O2Sn. The first-order chi connectivity index (χ1) is 7.12. The Morgan fingerprint density at radius 3 is 1.53 bits per heavy atom. The van der Waals surface area contributed by atoms with E-state index in [2.05, 4.69) is 27.4 Å². The van der Waals surface area contributed by atoms with Crippen LogP contribution in [0.15, 0.2) is 12.7 Å². The monoisotopic (exact) mass is 321 g/mol. The molecule has 0 heterocycles. The third-order valence-electron chi connectivity index (χ3n) is 1.99. The van der Waals surface area contributed by atoms with Crippen LogP contribution >= 0.6 is 0 Å². The Balaban J connectivity index is 0. The molecule has 15 heavy (non-hydrogen) atoms. The van der Waals surface area contributed by atoms with Crippen LogP contribution in [0.4, 0.5) is 0 Å². The molecule has 0 aliphatic heterocycles. The van der Waals surface area contributed by atoms with E-state index in [1.807, 2.05) is 0 Å². The topological polar surface area (TPSA) is 37.3 Å². The SMILES string of the molecule is C=CC(=O)O.CC[CH2][Sn]([CH2]CC)[CH2]CC. The molecule has 0 aromatic heterocycles. The van der Waals surface area contributed by atoms with Crippen LogP contribution in [0.2, 0.25) is 13.3 Å². The van der Waals surface area contributed by atoms with Gasteiger partial charge in [-0.25, -0.2) is 4.79 Å². The predicted octanol–water partition coefficient (Wildman–Crippen LogP) is 3.97. The van der Waals surface area contributed by atoms with Crippen molar-refractivity contribution in [2.24, 2.45) is 0 Å². The van der Waals surface area contributed by atoms with Gasteiger partial charge < -0.3 is 5.11 Å². The van der Waals surface area contributed by atoms with E-state index in [0.717, 1.165) is 6.08 Å². The van der Waals surface area contributed by atoms with Crippen LogP contribution in [-0.2, 0) is 4.79 Å². The molecule has 0 aromatic carbocycles. The number of hydrogen-bond acceptors (Lipinski definition) is 1.